The third-order valence-corrected chi connectivity index (χ3v) is 7.66. The van der Waals surface area contributed by atoms with Gasteiger partial charge in [0.05, 0.1) is 5.75 Å². The molecule has 1 N–H and O–H groups in total. The highest BCUT2D eigenvalue weighted by atomic mass is 32.2. The highest BCUT2D eigenvalue weighted by molar-refractivity contribution is 7.88. The summed E-state index contributed by atoms with van der Waals surface area (Å²) in [6, 6.07) is 9.25. The fourth-order valence-electron chi connectivity index (χ4n) is 4.03. The third-order valence-electron chi connectivity index (χ3n) is 5.81. The highest BCUT2D eigenvalue weighted by Crippen LogP contribution is 2.23. The average Bonchev–Trinajstić information content (AvgIpc) is 2.69. The van der Waals surface area contributed by atoms with Crippen LogP contribution < -0.4 is 5.32 Å². The van der Waals surface area contributed by atoms with E-state index in [4.69, 9.17) is 0 Å². The van der Waals surface area contributed by atoms with Crippen LogP contribution in [0.3, 0.4) is 0 Å². The molecule has 6 nitrogen and oxygen atoms in total. The van der Waals surface area contributed by atoms with Gasteiger partial charge in [0.25, 0.3) is 0 Å². The van der Waals surface area contributed by atoms with Crippen molar-refractivity contribution in [3.05, 3.63) is 35.9 Å². The second-order valence-corrected chi connectivity index (χ2v) is 9.78. The molecule has 1 aromatic carbocycles. The van der Waals surface area contributed by atoms with E-state index >= 15 is 0 Å². The maximum Gasteiger partial charge on any atom is 0.222 e. The molecule has 2 heterocycles. The molecule has 1 amide bonds. The maximum atomic E-state index is 12.6. The first-order valence-corrected chi connectivity index (χ1v) is 11.6. The zero-order valence-corrected chi connectivity index (χ0v) is 17.0. The van der Waals surface area contributed by atoms with Crippen molar-refractivity contribution in [3.63, 3.8) is 0 Å². The Kier molecular flexibility index (Phi) is 6.89. The minimum absolute atomic E-state index is 0.0213. The lowest BCUT2D eigenvalue weighted by Crippen LogP contribution is -2.51. The fourth-order valence-corrected chi connectivity index (χ4v) is 5.54. The molecule has 7 heteroatoms. The molecule has 0 saturated carbocycles. The molecule has 0 bridgehead atoms. The van der Waals surface area contributed by atoms with E-state index in [2.05, 4.69) is 12.2 Å². The first kappa shape index (κ1) is 20.3. The topological polar surface area (TPSA) is 69.7 Å². The molecule has 2 fully saturated rings. The van der Waals surface area contributed by atoms with Crippen LogP contribution in [-0.2, 0) is 20.6 Å². The Labute approximate surface area is 163 Å². The number of rotatable bonds is 6. The van der Waals surface area contributed by atoms with Crippen molar-refractivity contribution < 1.29 is 13.2 Å². The smallest absolute Gasteiger partial charge is 0.222 e. The van der Waals surface area contributed by atoms with Crippen molar-refractivity contribution in [1.82, 2.24) is 14.5 Å². The van der Waals surface area contributed by atoms with Gasteiger partial charge in [0, 0.05) is 32.6 Å². The monoisotopic (exact) mass is 393 g/mol. The minimum atomic E-state index is -3.34. The van der Waals surface area contributed by atoms with Crippen LogP contribution in [0, 0.1) is 11.8 Å². The number of nitrogens with zero attached hydrogens (tertiary/aromatic N) is 2. The van der Waals surface area contributed by atoms with E-state index in [-0.39, 0.29) is 11.7 Å². The maximum absolute atomic E-state index is 12.6. The zero-order valence-electron chi connectivity index (χ0n) is 16.1. The van der Waals surface area contributed by atoms with Gasteiger partial charge in [0.2, 0.25) is 15.9 Å². The summed E-state index contributed by atoms with van der Waals surface area (Å²) in [4.78, 5) is 14.5. The Morgan fingerprint density at radius 2 is 1.89 bits per heavy atom. The van der Waals surface area contributed by atoms with Crippen LogP contribution >= 0.6 is 0 Å². The summed E-state index contributed by atoms with van der Waals surface area (Å²) in [5.41, 5.74) is 0.797. The van der Waals surface area contributed by atoms with Gasteiger partial charge in [-0.1, -0.05) is 37.3 Å². The van der Waals surface area contributed by atoms with E-state index in [1.165, 1.54) is 17.1 Å². The van der Waals surface area contributed by atoms with Crippen LogP contribution in [0.25, 0.3) is 0 Å². The van der Waals surface area contributed by atoms with Crippen molar-refractivity contribution in [1.29, 1.82) is 0 Å². The Hall–Kier alpha value is -1.44. The van der Waals surface area contributed by atoms with Gasteiger partial charge in [-0.25, -0.2) is 8.42 Å². The number of hydrogen-bond donors (Lipinski definition) is 1. The number of amides is 1. The summed E-state index contributed by atoms with van der Waals surface area (Å²) in [5.74, 6) is 1.11. The molecule has 0 radical (unpaired) electrons. The van der Waals surface area contributed by atoms with E-state index in [0.717, 1.165) is 18.7 Å². The summed E-state index contributed by atoms with van der Waals surface area (Å²) < 4.78 is 26.8. The predicted octanol–water partition coefficient (Wildman–Crippen LogP) is 1.69. The molecule has 2 atom stereocenters. The lowest BCUT2D eigenvalue weighted by Gasteiger charge is -2.35. The molecule has 0 spiro atoms. The summed E-state index contributed by atoms with van der Waals surface area (Å²) >= 11 is 0. The van der Waals surface area contributed by atoms with E-state index in [9.17, 15) is 13.2 Å². The van der Waals surface area contributed by atoms with Crippen LogP contribution in [0.15, 0.2) is 30.3 Å². The number of nitrogens with one attached hydrogen (secondary N) is 1. The minimum Gasteiger partial charge on any atom is -0.340 e. The molecule has 0 aliphatic carbocycles. The Bertz CT molecular complexity index is 709. The van der Waals surface area contributed by atoms with Crippen molar-refractivity contribution in [2.24, 2.45) is 11.8 Å². The molecule has 2 unspecified atom stereocenters. The SMILES string of the molecule is CC(CC(=O)N1CCN(S(=O)(=O)Cc2ccccc2)CC1)C1CCCNC1. The van der Waals surface area contributed by atoms with Crippen LogP contribution in [0.1, 0.15) is 31.7 Å². The van der Waals surface area contributed by atoms with Crippen molar-refractivity contribution in [3.8, 4) is 0 Å². The van der Waals surface area contributed by atoms with Gasteiger partial charge in [-0.15, -0.1) is 0 Å². The van der Waals surface area contributed by atoms with Crippen LogP contribution in [0.4, 0.5) is 0 Å². The molecule has 2 aliphatic rings. The van der Waals surface area contributed by atoms with Crippen LogP contribution in [0.2, 0.25) is 0 Å². The first-order chi connectivity index (χ1) is 13.0. The Balaban J connectivity index is 1.48. The van der Waals surface area contributed by atoms with Crippen LogP contribution in [-0.4, -0.2) is 62.8 Å². The Morgan fingerprint density at radius 3 is 2.52 bits per heavy atom. The number of carbonyl (C=O) groups excluding carboxylic acids is 1. The van der Waals surface area contributed by atoms with Crippen molar-refractivity contribution in [2.75, 3.05) is 39.3 Å². The molecule has 2 saturated heterocycles. The summed E-state index contributed by atoms with van der Waals surface area (Å²) in [6.07, 6.45) is 2.93. The van der Waals surface area contributed by atoms with Gasteiger partial charge in [-0.3, -0.25) is 4.79 Å². The molecule has 3 rings (SSSR count). The number of carbonyl (C=O) groups is 1. The van der Waals surface area contributed by atoms with Gasteiger partial charge < -0.3 is 10.2 Å². The quantitative estimate of drug-likeness (QED) is 0.798. The Morgan fingerprint density at radius 1 is 1.19 bits per heavy atom. The number of piperazine rings is 1. The fraction of sp³-hybridized carbons (Fsp3) is 0.650. The normalized spacial score (nSPS) is 23.1. The standard InChI is InChI=1S/C20H31N3O3S/c1-17(19-8-5-9-21-15-19)14-20(24)22-10-12-23(13-11-22)27(25,26)16-18-6-3-2-4-7-18/h2-4,6-7,17,19,21H,5,8-16H2,1H3. The average molecular weight is 394 g/mol. The van der Waals surface area contributed by atoms with E-state index in [0.29, 0.717) is 44.4 Å². The van der Waals surface area contributed by atoms with Gasteiger partial charge in [0.1, 0.15) is 0 Å². The van der Waals surface area contributed by atoms with E-state index in [1.807, 2.05) is 35.2 Å². The highest BCUT2D eigenvalue weighted by Gasteiger charge is 2.30. The molecule has 2 aliphatic heterocycles. The molecular weight excluding hydrogens is 362 g/mol. The zero-order chi connectivity index (χ0) is 19.3. The van der Waals surface area contributed by atoms with Crippen molar-refractivity contribution >= 4 is 15.9 Å². The molecule has 0 aromatic heterocycles. The van der Waals surface area contributed by atoms with Gasteiger partial charge >= 0.3 is 0 Å². The van der Waals surface area contributed by atoms with E-state index in [1.54, 1.807) is 0 Å². The lowest BCUT2D eigenvalue weighted by molar-refractivity contribution is -0.133. The molecule has 27 heavy (non-hydrogen) atoms. The molecule has 150 valence electrons. The van der Waals surface area contributed by atoms with Crippen molar-refractivity contribution in [2.45, 2.75) is 31.9 Å². The predicted molar refractivity (Wildman–Crippen MR) is 107 cm³/mol. The first-order valence-electron chi connectivity index (χ1n) is 9.96. The summed E-state index contributed by atoms with van der Waals surface area (Å²) in [6.45, 7) is 6.00. The number of hydrogen-bond acceptors (Lipinski definition) is 4. The third kappa shape index (κ3) is 5.53. The van der Waals surface area contributed by atoms with Crippen LogP contribution in [0.5, 0.6) is 0 Å². The molecule has 1 aromatic rings. The van der Waals surface area contributed by atoms with Gasteiger partial charge in [-0.05, 0) is 43.3 Å². The largest absolute Gasteiger partial charge is 0.340 e. The second kappa shape index (κ2) is 9.17. The van der Waals surface area contributed by atoms with Gasteiger partial charge in [-0.2, -0.15) is 4.31 Å². The summed E-state index contributed by atoms with van der Waals surface area (Å²) in [5, 5.41) is 3.41. The van der Waals surface area contributed by atoms with Gasteiger partial charge in [0.15, 0.2) is 0 Å². The lowest BCUT2D eigenvalue weighted by atomic mass is 9.85. The molecular formula is C20H31N3O3S. The summed E-state index contributed by atoms with van der Waals surface area (Å²) in [7, 11) is -3.34. The number of piperidine rings is 1. The number of sulfonamides is 1. The van der Waals surface area contributed by atoms with E-state index < -0.39 is 10.0 Å². The number of benzene rings is 1. The second-order valence-electron chi connectivity index (χ2n) is 7.81.